The number of aliphatic hydroxyl groups excluding tert-OH is 1. The van der Waals surface area contributed by atoms with E-state index in [9.17, 15) is 24.3 Å². The lowest BCUT2D eigenvalue weighted by molar-refractivity contribution is -0.148. The summed E-state index contributed by atoms with van der Waals surface area (Å²) >= 11 is 0. The van der Waals surface area contributed by atoms with E-state index in [1.54, 1.807) is 6.20 Å². The molecule has 0 bridgehead atoms. The zero-order valence-corrected chi connectivity index (χ0v) is 30.4. The molecule has 3 amide bonds. The number of hydrogen-bond acceptors (Lipinski definition) is 8. The van der Waals surface area contributed by atoms with Crippen LogP contribution in [-0.4, -0.2) is 63.2 Å². The number of carbonyl (C=O) groups is 4. The third kappa shape index (κ3) is 12.0. The van der Waals surface area contributed by atoms with Gasteiger partial charge < -0.3 is 35.5 Å². The van der Waals surface area contributed by atoms with Crippen LogP contribution in [0.15, 0.2) is 116 Å². The quantitative estimate of drug-likeness (QED) is 0.0770. The first-order valence-corrected chi connectivity index (χ1v) is 18.0. The van der Waals surface area contributed by atoms with Crippen molar-refractivity contribution in [1.82, 2.24) is 25.9 Å². The van der Waals surface area contributed by atoms with Crippen molar-refractivity contribution in [2.75, 3.05) is 0 Å². The second-order valence-corrected chi connectivity index (χ2v) is 13.6. The normalized spacial score (nSPS) is 13.3. The number of nitrogens with one attached hydrogen (secondary N) is 4. The Balaban J connectivity index is 1.32. The van der Waals surface area contributed by atoms with Gasteiger partial charge in [-0.3, -0.25) is 14.4 Å². The number of rotatable bonds is 18. The van der Waals surface area contributed by atoms with E-state index in [-0.39, 0.29) is 38.4 Å². The summed E-state index contributed by atoms with van der Waals surface area (Å²) in [5, 5.41) is 21.5. The standard InChI is InChI=1S/C42H47N5O7/c1-28(2)20-35(38(48)23-39(49)53-25-29-12-5-3-6-13-29)45-41(51)37(22-33-24-43-27-44-33)46-40(50)36(47-42(52)54-26-30-14-7-4-8-15-30)21-32-18-11-17-31-16-9-10-19-34(31)32/h3-19,24,27-28,35-38,48H,20-23,25-26H2,1-2H3,(H,43,44)(H,45,51)(H,46,50)(H,47,52)/t35-,36-,37+,38-/m0/s1. The number of imidazole rings is 1. The highest BCUT2D eigenvalue weighted by molar-refractivity contribution is 5.93. The number of esters is 1. The topological polar surface area (TPSA) is 172 Å². The molecule has 1 aromatic heterocycles. The Morgan fingerprint density at radius 2 is 1.33 bits per heavy atom. The first-order chi connectivity index (χ1) is 26.1. The van der Waals surface area contributed by atoms with Gasteiger partial charge in [0.15, 0.2) is 0 Å². The highest BCUT2D eigenvalue weighted by Gasteiger charge is 2.32. The molecule has 5 aromatic rings. The predicted molar refractivity (Wildman–Crippen MR) is 204 cm³/mol. The zero-order valence-electron chi connectivity index (χ0n) is 30.4. The minimum atomic E-state index is -1.26. The van der Waals surface area contributed by atoms with Crippen molar-refractivity contribution in [2.24, 2.45) is 5.92 Å². The summed E-state index contributed by atoms with van der Waals surface area (Å²) in [6.45, 7) is 3.92. The molecule has 0 aliphatic heterocycles. The Morgan fingerprint density at radius 1 is 0.722 bits per heavy atom. The molecule has 0 aliphatic carbocycles. The molecule has 0 saturated heterocycles. The lowest BCUT2D eigenvalue weighted by atomic mass is 9.96. The molecule has 0 spiro atoms. The van der Waals surface area contributed by atoms with Gasteiger partial charge in [0.05, 0.1) is 30.6 Å². The number of aliphatic hydroxyl groups is 1. The van der Waals surface area contributed by atoms with Crippen molar-refractivity contribution in [3.8, 4) is 0 Å². The summed E-state index contributed by atoms with van der Waals surface area (Å²) in [6, 6.07) is 28.7. The van der Waals surface area contributed by atoms with Gasteiger partial charge in [-0.15, -0.1) is 0 Å². The van der Waals surface area contributed by atoms with Crippen LogP contribution in [-0.2, 0) is 49.9 Å². The van der Waals surface area contributed by atoms with Crippen LogP contribution in [0.2, 0.25) is 0 Å². The SMILES string of the molecule is CC(C)C[C@H](NC(=O)[C@@H](Cc1c[nH]cn1)NC(=O)[C@H](Cc1cccc2ccccc12)NC(=O)OCc1ccccc1)[C@@H](O)CC(=O)OCc1ccccc1. The van der Waals surface area contributed by atoms with Gasteiger partial charge in [0.25, 0.3) is 0 Å². The number of benzene rings is 4. The Hall–Kier alpha value is -6.01. The maximum absolute atomic E-state index is 14.2. The molecule has 5 N–H and O–H groups in total. The van der Waals surface area contributed by atoms with E-state index in [0.29, 0.717) is 12.1 Å². The number of alkyl carbamates (subject to hydrolysis) is 1. The molecule has 54 heavy (non-hydrogen) atoms. The Kier molecular flexibility index (Phi) is 14.3. The summed E-state index contributed by atoms with van der Waals surface area (Å²) < 4.78 is 10.9. The molecule has 282 valence electrons. The molecule has 5 rings (SSSR count). The van der Waals surface area contributed by atoms with Crippen molar-refractivity contribution in [1.29, 1.82) is 0 Å². The average molecular weight is 734 g/mol. The summed E-state index contributed by atoms with van der Waals surface area (Å²) in [5.74, 6) is -1.79. The van der Waals surface area contributed by atoms with Crippen LogP contribution >= 0.6 is 0 Å². The molecule has 1 heterocycles. The Labute approximate surface area is 314 Å². The smallest absolute Gasteiger partial charge is 0.408 e. The minimum Gasteiger partial charge on any atom is -0.461 e. The highest BCUT2D eigenvalue weighted by atomic mass is 16.5. The van der Waals surface area contributed by atoms with Crippen LogP contribution in [0.25, 0.3) is 10.8 Å². The van der Waals surface area contributed by atoms with Gasteiger partial charge >= 0.3 is 12.1 Å². The summed E-state index contributed by atoms with van der Waals surface area (Å²) in [7, 11) is 0. The van der Waals surface area contributed by atoms with Crippen molar-refractivity contribution in [3.05, 3.63) is 138 Å². The number of ether oxygens (including phenoxy) is 2. The van der Waals surface area contributed by atoms with Gasteiger partial charge in [-0.1, -0.05) is 117 Å². The number of carbonyl (C=O) groups excluding carboxylic acids is 4. The van der Waals surface area contributed by atoms with Crippen molar-refractivity contribution in [3.63, 3.8) is 0 Å². The van der Waals surface area contributed by atoms with Crippen LogP contribution in [0.3, 0.4) is 0 Å². The fourth-order valence-corrected chi connectivity index (χ4v) is 6.11. The minimum absolute atomic E-state index is 0.00116. The van der Waals surface area contributed by atoms with E-state index in [1.807, 2.05) is 117 Å². The first kappa shape index (κ1) is 39.2. The van der Waals surface area contributed by atoms with Crippen LogP contribution in [0.1, 0.15) is 49.1 Å². The second-order valence-electron chi connectivity index (χ2n) is 13.6. The molecule has 0 fully saturated rings. The van der Waals surface area contributed by atoms with Crippen LogP contribution in [0.4, 0.5) is 4.79 Å². The van der Waals surface area contributed by atoms with E-state index in [2.05, 4.69) is 25.9 Å². The number of aromatic nitrogens is 2. The summed E-state index contributed by atoms with van der Waals surface area (Å²) in [6.07, 6.45) is 1.13. The van der Waals surface area contributed by atoms with Crippen LogP contribution < -0.4 is 16.0 Å². The Morgan fingerprint density at radius 3 is 2.00 bits per heavy atom. The van der Waals surface area contributed by atoms with Crippen molar-refractivity contribution in [2.45, 2.75) is 77.0 Å². The molecular weight excluding hydrogens is 686 g/mol. The lowest BCUT2D eigenvalue weighted by Crippen LogP contribution is -2.57. The fraction of sp³-hybridized carbons (Fsp3) is 0.310. The van der Waals surface area contributed by atoms with Gasteiger partial charge in [0.2, 0.25) is 11.8 Å². The zero-order chi connectivity index (χ0) is 38.3. The van der Waals surface area contributed by atoms with Gasteiger partial charge in [0.1, 0.15) is 25.3 Å². The molecule has 0 saturated carbocycles. The number of hydrogen-bond donors (Lipinski definition) is 5. The van der Waals surface area contributed by atoms with Crippen LogP contribution in [0.5, 0.6) is 0 Å². The third-order valence-electron chi connectivity index (χ3n) is 8.86. The summed E-state index contributed by atoms with van der Waals surface area (Å²) in [4.78, 5) is 61.2. The van der Waals surface area contributed by atoms with Crippen molar-refractivity contribution >= 4 is 34.6 Å². The lowest BCUT2D eigenvalue weighted by Gasteiger charge is -2.28. The van der Waals surface area contributed by atoms with Gasteiger partial charge in [-0.25, -0.2) is 9.78 Å². The molecular formula is C42H47N5O7. The number of aromatic amines is 1. The molecule has 4 atom stereocenters. The molecule has 4 aromatic carbocycles. The maximum atomic E-state index is 14.2. The van der Waals surface area contributed by atoms with E-state index in [0.717, 1.165) is 27.5 Å². The molecule has 0 aliphatic rings. The fourth-order valence-electron chi connectivity index (χ4n) is 6.11. The van der Waals surface area contributed by atoms with E-state index >= 15 is 0 Å². The maximum Gasteiger partial charge on any atom is 0.408 e. The van der Waals surface area contributed by atoms with Crippen LogP contribution in [0, 0.1) is 5.92 Å². The van der Waals surface area contributed by atoms with Gasteiger partial charge in [0, 0.05) is 19.0 Å². The monoisotopic (exact) mass is 733 g/mol. The van der Waals surface area contributed by atoms with Crippen molar-refractivity contribution < 1.29 is 33.8 Å². The third-order valence-corrected chi connectivity index (χ3v) is 8.86. The number of fused-ring (bicyclic) bond motifs is 1. The predicted octanol–water partition coefficient (Wildman–Crippen LogP) is 5.15. The van der Waals surface area contributed by atoms with E-state index < -0.39 is 48.1 Å². The van der Waals surface area contributed by atoms with E-state index in [4.69, 9.17) is 9.47 Å². The van der Waals surface area contributed by atoms with E-state index in [1.165, 1.54) is 6.33 Å². The highest BCUT2D eigenvalue weighted by Crippen LogP contribution is 2.20. The second kappa shape index (κ2) is 19.7. The first-order valence-electron chi connectivity index (χ1n) is 18.0. The number of nitrogens with zero attached hydrogens (tertiary/aromatic N) is 1. The van der Waals surface area contributed by atoms with Gasteiger partial charge in [-0.05, 0) is 39.8 Å². The van der Waals surface area contributed by atoms with Gasteiger partial charge in [-0.2, -0.15) is 0 Å². The number of H-pyrrole nitrogens is 1. The number of amides is 3. The molecule has 0 unspecified atom stereocenters. The summed E-state index contributed by atoms with van der Waals surface area (Å²) in [5.41, 5.74) is 2.90. The largest absolute Gasteiger partial charge is 0.461 e. The Bertz CT molecular complexity index is 1950. The molecule has 0 radical (unpaired) electrons. The molecule has 12 nitrogen and oxygen atoms in total. The average Bonchev–Trinajstić information content (AvgIpc) is 3.69. The molecule has 12 heteroatoms.